The maximum absolute atomic E-state index is 13.3. The van der Waals surface area contributed by atoms with E-state index in [4.69, 9.17) is 9.88 Å². The van der Waals surface area contributed by atoms with Crippen molar-refractivity contribution in [3.8, 4) is 5.75 Å². The Bertz CT molecular complexity index is 1080. The molecule has 1 aliphatic rings. The van der Waals surface area contributed by atoms with Crippen molar-refractivity contribution >= 4 is 41.7 Å². The van der Waals surface area contributed by atoms with E-state index < -0.39 is 20.0 Å². The fourth-order valence-corrected chi connectivity index (χ4v) is 6.04. The normalized spacial score (nSPS) is 17.2. The van der Waals surface area contributed by atoms with Gasteiger partial charge in [0.15, 0.2) is 0 Å². The number of hydrogen-bond acceptors (Lipinski definition) is 5. The molecule has 3 rings (SSSR count). The zero-order valence-electron chi connectivity index (χ0n) is 14.0. The lowest BCUT2D eigenvalue weighted by Gasteiger charge is -2.25. The Hall–Kier alpha value is -1.62. The molecular weight excluding hydrogens is 444 g/mol. The predicted octanol–water partition coefficient (Wildman–Crippen LogP) is 2.25. The quantitative estimate of drug-likeness (QED) is 0.752. The van der Waals surface area contributed by atoms with Gasteiger partial charge in [0.1, 0.15) is 10.6 Å². The van der Waals surface area contributed by atoms with Crippen molar-refractivity contribution in [1.29, 1.82) is 0 Å². The summed E-state index contributed by atoms with van der Waals surface area (Å²) in [6.45, 7) is 1.76. The molecule has 0 fully saturated rings. The molecule has 0 amide bonds. The molecule has 2 aromatic carbocycles. The molecule has 7 nitrogen and oxygen atoms in total. The van der Waals surface area contributed by atoms with Crippen molar-refractivity contribution in [2.24, 2.45) is 5.14 Å². The molecule has 0 saturated heterocycles. The summed E-state index contributed by atoms with van der Waals surface area (Å²) < 4.78 is 56.8. The van der Waals surface area contributed by atoms with Gasteiger partial charge < -0.3 is 4.74 Å². The summed E-state index contributed by atoms with van der Waals surface area (Å²) >= 11 is 3.29. The van der Waals surface area contributed by atoms with Crippen LogP contribution >= 0.6 is 15.9 Å². The monoisotopic (exact) mass is 460 g/mol. The molecule has 2 aromatic rings. The van der Waals surface area contributed by atoms with Crippen LogP contribution in [-0.4, -0.2) is 30.0 Å². The molecule has 0 saturated carbocycles. The third kappa shape index (κ3) is 3.22. The first kappa shape index (κ1) is 19.2. The second-order valence-corrected chi connectivity index (χ2v) is 10.2. The number of ether oxygens (including phenoxy) is 1. The van der Waals surface area contributed by atoms with Crippen LogP contribution in [0.15, 0.2) is 50.7 Å². The second-order valence-electron chi connectivity index (χ2n) is 5.98. The number of benzene rings is 2. The minimum absolute atomic E-state index is 0.0320. The second kappa shape index (κ2) is 6.52. The smallest absolute Gasteiger partial charge is 0.268 e. The van der Waals surface area contributed by atoms with Gasteiger partial charge in [-0.25, -0.2) is 22.0 Å². The van der Waals surface area contributed by atoms with Crippen molar-refractivity contribution in [3.63, 3.8) is 0 Å². The molecule has 0 bridgehead atoms. The van der Waals surface area contributed by atoms with Crippen LogP contribution in [0.5, 0.6) is 5.75 Å². The van der Waals surface area contributed by atoms with Crippen LogP contribution in [0.2, 0.25) is 0 Å². The zero-order chi connectivity index (χ0) is 19.3. The minimum atomic E-state index is -3.92. The molecule has 1 aliphatic heterocycles. The third-order valence-corrected chi connectivity index (χ3v) is 7.55. The van der Waals surface area contributed by atoms with E-state index in [2.05, 4.69) is 15.9 Å². The highest BCUT2D eigenvalue weighted by Crippen LogP contribution is 2.40. The van der Waals surface area contributed by atoms with Gasteiger partial charge in [-0.15, -0.1) is 0 Å². The summed E-state index contributed by atoms with van der Waals surface area (Å²) in [5.74, 6) is 0.231. The number of nitrogens with two attached hydrogens (primary N) is 1. The van der Waals surface area contributed by atoms with Gasteiger partial charge in [0, 0.05) is 10.5 Å². The van der Waals surface area contributed by atoms with Gasteiger partial charge in [-0.1, -0.05) is 15.9 Å². The largest absolute Gasteiger partial charge is 0.495 e. The van der Waals surface area contributed by atoms with Crippen LogP contribution in [0.25, 0.3) is 0 Å². The summed E-state index contributed by atoms with van der Waals surface area (Å²) in [6.07, 6.45) is 0.383. The highest BCUT2D eigenvalue weighted by atomic mass is 79.9. The first-order chi connectivity index (χ1) is 12.1. The van der Waals surface area contributed by atoms with Gasteiger partial charge >= 0.3 is 0 Å². The Morgan fingerprint density at radius 3 is 2.46 bits per heavy atom. The maximum Gasteiger partial charge on any atom is 0.268 e. The van der Waals surface area contributed by atoms with Crippen LogP contribution in [-0.2, 0) is 26.5 Å². The van der Waals surface area contributed by atoms with E-state index >= 15 is 0 Å². The minimum Gasteiger partial charge on any atom is -0.495 e. The summed E-state index contributed by atoms with van der Waals surface area (Å²) in [4.78, 5) is -0.00710. The van der Waals surface area contributed by atoms with Gasteiger partial charge in [-0.3, -0.25) is 4.31 Å². The molecule has 0 aliphatic carbocycles. The van der Waals surface area contributed by atoms with Gasteiger partial charge in [0.05, 0.1) is 17.7 Å². The van der Waals surface area contributed by atoms with Crippen molar-refractivity contribution < 1.29 is 21.6 Å². The number of anilines is 1. The highest BCUT2D eigenvalue weighted by molar-refractivity contribution is 9.10. The van der Waals surface area contributed by atoms with Gasteiger partial charge in [-0.2, -0.15) is 0 Å². The summed E-state index contributed by atoms with van der Waals surface area (Å²) in [7, 11) is -6.37. The van der Waals surface area contributed by atoms with Crippen molar-refractivity contribution in [2.45, 2.75) is 29.2 Å². The number of halogens is 1. The van der Waals surface area contributed by atoms with Crippen LogP contribution < -0.4 is 14.2 Å². The first-order valence-electron chi connectivity index (χ1n) is 7.59. The zero-order valence-corrected chi connectivity index (χ0v) is 17.2. The molecule has 1 atom stereocenters. The topological polar surface area (TPSA) is 107 Å². The molecule has 0 aromatic heterocycles. The van der Waals surface area contributed by atoms with E-state index in [-0.39, 0.29) is 21.6 Å². The van der Waals surface area contributed by atoms with Crippen LogP contribution in [0.4, 0.5) is 5.69 Å². The number of hydrogen-bond donors (Lipinski definition) is 1. The average molecular weight is 461 g/mol. The molecule has 0 radical (unpaired) electrons. The first-order valence-corrected chi connectivity index (χ1v) is 11.4. The predicted molar refractivity (Wildman–Crippen MR) is 101 cm³/mol. The lowest BCUT2D eigenvalue weighted by Crippen LogP contribution is -2.35. The number of sulfonamides is 2. The van der Waals surface area contributed by atoms with Crippen LogP contribution in [0.1, 0.15) is 12.5 Å². The summed E-state index contributed by atoms with van der Waals surface area (Å²) in [5.41, 5.74) is 1.05. The molecule has 2 N–H and O–H groups in total. The average Bonchev–Trinajstić information content (AvgIpc) is 2.89. The van der Waals surface area contributed by atoms with Gasteiger partial charge in [0.25, 0.3) is 10.0 Å². The van der Waals surface area contributed by atoms with E-state index in [1.807, 2.05) is 0 Å². The molecule has 10 heteroatoms. The van der Waals surface area contributed by atoms with Crippen molar-refractivity contribution in [3.05, 3.63) is 46.4 Å². The van der Waals surface area contributed by atoms with Gasteiger partial charge in [0.2, 0.25) is 10.0 Å². The summed E-state index contributed by atoms with van der Waals surface area (Å²) in [6, 6.07) is 8.58. The Morgan fingerprint density at radius 1 is 1.15 bits per heavy atom. The summed E-state index contributed by atoms with van der Waals surface area (Å²) in [5, 5.41) is 5.17. The third-order valence-electron chi connectivity index (χ3n) is 4.20. The number of nitrogens with zero attached hydrogens (tertiary/aromatic N) is 1. The van der Waals surface area contributed by atoms with E-state index in [1.54, 1.807) is 19.1 Å². The lowest BCUT2D eigenvalue weighted by molar-refractivity contribution is 0.402. The van der Waals surface area contributed by atoms with Crippen LogP contribution in [0, 0.1) is 0 Å². The van der Waals surface area contributed by atoms with E-state index in [9.17, 15) is 16.8 Å². The van der Waals surface area contributed by atoms with Crippen molar-refractivity contribution in [1.82, 2.24) is 0 Å². The fourth-order valence-electron chi connectivity index (χ4n) is 3.08. The Kier molecular flexibility index (Phi) is 4.80. The number of primary sulfonamides is 1. The van der Waals surface area contributed by atoms with Crippen LogP contribution in [0.3, 0.4) is 0 Å². The molecule has 1 heterocycles. The molecule has 1 unspecified atom stereocenters. The number of methoxy groups -OCH3 is 1. The number of rotatable bonds is 4. The molecule has 26 heavy (non-hydrogen) atoms. The van der Waals surface area contributed by atoms with Crippen molar-refractivity contribution in [2.75, 3.05) is 11.4 Å². The molecule has 0 spiro atoms. The fraction of sp³-hybridized carbons (Fsp3) is 0.250. The number of fused-ring (bicyclic) bond motifs is 1. The Morgan fingerprint density at radius 2 is 1.85 bits per heavy atom. The van der Waals surface area contributed by atoms with E-state index in [0.29, 0.717) is 22.1 Å². The Labute approximate surface area is 161 Å². The standard InChI is InChI=1S/C16H17BrN2O5S2/c1-10-7-11-8-13(25(18,20)21)4-5-14(11)19(10)26(22,23)16-9-12(17)3-6-15(16)24-2/h3-6,8-10H,7H2,1-2H3,(H2,18,20,21). The van der Waals surface area contributed by atoms with E-state index in [0.717, 1.165) is 0 Å². The van der Waals surface area contributed by atoms with Gasteiger partial charge in [-0.05, 0) is 55.3 Å². The maximum atomic E-state index is 13.3. The Balaban J connectivity index is 2.16. The highest BCUT2D eigenvalue weighted by Gasteiger charge is 2.38. The molecular formula is C16H17BrN2O5S2. The molecule has 140 valence electrons. The lowest BCUT2D eigenvalue weighted by atomic mass is 10.1. The van der Waals surface area contributed by atoms with E-state index in [1.165, 1.54) is 35.7 Å². The SMILES string of the molecule is COc1ccc(Br)cc1S(=O)(=O)N1c2ccc(S(N)(=O)=O)cc2CC1C.